The van der Waals surface area contributed by atoms with Crippen LogP contribution in [0.1, 0.15) is 32.6 Å². The zero-order valence-electron chi connectivity index (χ0n) is 11.1. The van der Waals surface area contributed by atoms with Crippen molar-refractivity contribution in [3.05, 3.63) is 67.6 Å². The predicted molar refractivity (Wildman–Crippen MR) is 90.6 cm³/mol. The highest BCUT2D eigenvalue weighted by molar-refractivity contribution is 9.10. The molecule has 1 unspecified atom stereocenters. The fourth-order valence-electron chi connectivity index (χ4n) is 2.17. The van der Waals surface area contributed by atoms with E-state index in [-0.39, 0.29) is 4.83 Å². The quantitative estimate of drug-likeness (QED) is 0.502. The number of halogens is 3. The average Bonchev–Trinajstić information content (AvgIpc) is 2.31. The highest BCUT2D eigenvalue weighted by atomic mass is 79.9. The Balaban J connectivity index is 2.49. The Morgan fingerprint density at radius 2 is 1.63 bits per heavy atom. The molecular weight excluding hydrogens is 387 g/mol. The zero-order chi connectivity index (χ0) is 14.2. The maximum absolute atomic E-state index is 6.16. The summed E-state index contributed by atoms with van der Waals surface area (Å²) in [7, 11) is 0. The van der Waals surface area contributed by atoms with Crippen molar-refractivity contribution >= 4 is 43.5 Å². The molecule has 0 saturated carbocycles. The monoisotopic (exact) mass is 400 g/mol. The molecule has 2 aromatic rings. The first-order valence-electron chi connectivity index (χ1n) is 6.06. The molecule has 0 spiro atoms. The van der Waals surface area contributed by atoms with E-state index < -0.39 is 0 Å². The second-order valence-electron chi connectivity index (χ2n) is 4.88. The van der Waals surface area contributed by atoms with Gasteiger partial charge in [0, 0.05) is 9.50 Å². The summed E-state index contributed by atoms with van der Waals surface area (Å²) in [5.41, 5.74) is 6.07. The molecule has 0 bridgehead atoms. The summed E-state index contributed by atoms with van der Waals surface area (Å²) in [5, 5.41) is 0.825. The number of aryl methyl sites for hydroxylation is 3. The number of benzene rings is 2. The number of alkyl halides is 1. The van der Waals surface area contributed by atoms with Gasteiger partial charge in [0.2, 0.25) is 0 Å². The van der Waals surface area contributed by atoms with Crippen molar-refractivity contribution in [1.29, 1.82) is 0 Å². The summed E-state index contributed by atoms with van der Waals surface area (Å²) in [5.74, 6) is 0. The van der Waals surface area contributed by atoms with Gasteiger partial charge in [-0.2, -0.15) is 0 Å². The van der Waals surface area contributed by atoms with Gasteiger partial charge in [-0.3, -0.25) is 0 Å². The molecule has 0 saturated heterocycles. The van der Waals surface area contributed by atoms with Crippen molar-refractivity contribution in [3.8, 4) is 0 Å². The van der Waals surface area contributed by atoms with E-state index in [1.54, 1.807) is 0 Å². The fourth-order valence-corrected chi connectivity index (χ4v) is 3.77. The van der Waals surface area contributed by atoms with Crippen LogP contribution >= 0.6 is 43.5 Å². The van der Waals surface area contributed by atoms with E-state index in [4.69, 9.17) is 11.6 Å². The largest absolute Gasteiger partial charge is 0.0840 e. The number of hydrogen-bond acceptors (Lipinski definition) is 0. The molecule has 0 aliphatic heterocycles. The van der Waals surface area contributed by atoms with Crippen molar-refractivity contribution in [2.24, 2.45) is 0 Å². The van der Waals surface area contributed by atoms with Crippen LogP contribution in [0, 0.1) is 20.8 Å². The van der Waals surface area contributed by atoms with Crippen LogP contribution in [-0.4, -0.2) is 0 Å². The summed E-state index contributed by atoms with van der Waals surface area (Å²) in [6, 6.07) is 10.7. The van der Waals surface area contributed by atoms with Crippen LogP contribution in [-0.2, 0) is 0 Å². The van der Waals surface area contributed by atoms with Crippen molar-refractivity contribution in [2.75, 3.05) is 0 Å². The molecule has 2 rings (SSSR count). The lowest BCUT2D eigenvalue weighted by molar-refractivity contribution is 1.12. The second-order valence-corrected chi connectivity index (χ2v) is 7.12. The molecule has 2 aromatic carbocycles. The van der Waals surface area contributed by atoms with Crippen molar-refractivity contribution in [3.63, 3.8) is 0 Å². The van der Waals surface area contributed by atoms with Crippen LogP contribution in [0.2, 0.25) is 5.02 Å². The topological polar surface area (TPSA) is 0 Å². The number of rotatable bonds is 2. The minimum atomic E-state index is 0.180. The van der Waals surface area contributed by atoms with Crippen LogP contribution in [0.3, 0.4) is 0 Å². The lowest BCUT2D eigenvalue weighted by atomic mass is 9.97. The third-order valence-electron chi connectivity index (χ3n) is 3.18. The highest BCUT2D eigenvalue weighted by Crippen LogP contribution is 2.36. The minimum Gasteiger partial charge on any atom is -0.0840 e. The lowest BCUT2D eigenvalue weighted by Crippen LogP contribution is -1.98. The van der Waals surface area contributed by atoms with Crippen LogP contribution in [0.5, 0.6) is 0 Å². The number of hydrogen-bond donors (Lipinski definition) is 0. The molecule has 1 atom stereocenters. The zero-order valence-corrected chi connectivity index (χ0v) is 15.0. The predicted octanol–water partition coefficient (Wildman–Crippen LogP) is 6.51. The Hall–Kier alpha value is -0.310. The second kappa shape index (κ2) is 5.99. The van der Waals surface area contributed by atoms with Gasteiger partial charge in [0.15, 0.2) is 0 Å². The smallest absolute Gasteiger partial charge is 0.0647 e. The first-order valence-corrected chi connectivity index (χ1v) is 8.15. The van der Waals surface area contributed by atoms with E-state index >= 15 is 0 Å². The maximum Gasteiger partial charge on any atom is 0.0647 e. The first kappa shape index (κ1) is 15.1. The van der Waals surface area contributed by atoms with Crippen molar-refractivity contribution in [2.45, 2.75) is 25.6 Å². The van der Waals surface area contributed by atoms with E-state index in [0.29, 0.717) is 0 Å². The molecule has 0 N–H and O–H groups in total. The average molecular weight is 403 g/mol. The van der Waals surface area contributed by atoms with Gasteiger partial charge in [0.05, 0.1) is 4.83 Å². The molecular formula is C16H15Br2Cl. The molecule has 0 heterocycles. The third-order valence-corrected chi connectivity index (χ3v) is 5.06. The molecule has 100 valence electrons. The molecule has 0 aliphatic rings. The fraction of sp³-hybridized carbons (Fsp3) is 0.250. The SMILES string of the molecule is Cc1cc(Br)cc(C(Br)c2cc(C)c(Cl)cc2C)c1. The van der Waals surface area contributed by atoms with Gasteiger partial charge in [-0.15, -0.1) is 0 Å². The molecule has 0 amide bonds. The Morgan fingerprint density at radius 1 is 0.947 bits per heavy atom. The van der Waals surface area contributed by atoms with Gasteiger partial charge in [0.1, 0.15) is 0 Å². The highest BCUT2D eigenvalue weighted by Gasteiger charge is 2.15. The van der Waals surface area contributed by atoms with Gasteiger partial charge >= 0.3 is 0 Å². The van der Waals surface area contributed by atoms with Crippen molar-refractivity contribution < 1.29 is 0 Å². The summed E-state index contributed by atoms with van der Waals surface area (Å²) in [6.45, 7) is 6.24. The molecule has 0 nitrogen and oxygen atoms in total. The Kier molecular flexibility index (Phi) is 4.75. The van der Waals surface area contributed by atoms with Gasteiger partial charge < -0.3 is 0 Å². The molecule has 19 heavy (non-hydrogen) atoms. The standard InChI is InChI=1S/C16H15Br2Cl/c1-9-4-12(8-13(17)5-9)16(18)14-6-11(3)15(19)7-10(14)2/h4-8,16H,1-3H3. The van der Waals surface area contributed by atoms with E-state index in [9.17, 15) is 0 Å². The van der Waals surface area contributed by atoms with E-state index in [0.717, 1.165) is 15.1 Å². The Bertz CT molecular complexity index is 600. The molecule has 0 aromatic heterocycles. The van der Waals surface area contributed by atoms with E-state index in [2.05, 4.69) is 70.0 Å². The van der Waals surface area contributed by atoms with Gasteiger partial charge in [-0.1, -0.05) is 55.6 Å². The Labute approximate surface area is 136 Å². The van der Waals surface area contributed by atoms with Gasteiger partial charge in [-0.05, 0) is 66.8 Å². The van der Waals surface area contributed by atoms with E-state index in [1.807, 2.05) is 13.0 Å². The molecule has 0 radical (unpaired) electrons. The maximum atomic E-state index is 6.16. The normalized spacial score (nSPS) is 12.5. The third kappa shape index (κ3) is 3.42. The molecule has 3 heteroatoms. The van der Waals surface area contributed by atoms with Gasteiger partial charge in [0.25, 0.3) is 0 Å². The summed E-state index contributed by atoms with van der Waals surface area (Å²) < 4.78 is 1.11. The van der Waals surface area contributed by atoms with Crippen LogP contribution in [0.4, 0.5) is 0 Å². The lowest BCUT2D eigenvalue weighted by Gasteiger charge is -2.16. The summed E-state index contributed by atoms with van der Waals surface area (Å²) in [4.78, 5) is 0.180. The van der Waals surface area contributed by atoms with Crippen LogP contribution in [0.15, 0.2) is 34.8 Å². The first-order chi connectivity index (χ1) is 8.88. The van der Waals surface area contributed by atoms with Crippen LogP contribution < -0.4 is 0 Å². The molecule has 0 fully saturated rings. The summed E-state index contributed by atoms with van der Waals surface area (Å²) >= 11 is 13.5. The minimum absolute atomic E-state index is 0.180. The van der Waals surface area contributed by atoms with E-state index in [1.165, 1.54) is 22.3 Å². The van der Waals surface area contributed by atoms with Gasteiger partial charge in [-0.25, -0.2) is 0 Å². The molecule has 0 aliphatic carbocycles. The Morgan fingerprint density at radius 3 is 2.26 bits per heavy atom. The summed E-state index contributed by atoms with van der Waals surface area (Å²) in [6.07, 6.45) is 0. The van der Waals surface area contributed by atoms with Crippen molar-refractivity contribution in [1.82, 2.24) is 0 Å². The van der Waals surface area contributed by atoms with Crippen LogP contribution in [0.25, 0.3) is 0 Å².